The Labute approximate surface area is 131 Å². The highest BCUT2D eigenvalue weighted by molar-refractivity contribution is 6.01. The Balaban J connectivity index is 1.91. The Morgan fingerprint density at radius 1 is 1.18 bits per heavy atom. The lowest BCUT2D eigenvalue weighted by Crippen LogP contribution is -2.06. The summed E-state index contributed by atoms with van der Waals surface area (Å²) in [5, 5.41) is 0. The molecule has 0 unspecified atom stereocenters. The summed E-state index contributed by atoms with van der Waals surface area (Å²) in [6, 6.07) is 15.9. The number of benzene rings is 2. The number of rotatable bonds is 5. The van der Waals surface area contributed by atoms with Crippen molar-refractivity contribution in [3.8, 4) is 0 Å². The van der Waals surface area contributed by atoms with Gasteiger partial charge in [0.2, 0.25) is 0 Å². The van der Waals surface area contributed by atoms with Gasteiger partial charge in [0.1, 0.15) is 5.82 Å². The van der Waals surface area contributed by atoms with E-state index in [1.807, 2.05) is 30.3 Å². The maximum atomic E-state index is 13.9. The Bertz CT molecular complexity index is 671. The van der Waals surface area contributed by atoms with E-state index in [1.165, 1.54) is 18.4 Å². The van der Waals surface area contributed by atoms with Gasteiger partial charge in [0, 0.05) is 5.71 Å². The monoisotopic (exact) mass is 295 g/mol. The zero-order valence-electron chi connectivity index (χ0n) is 13.2. The van der Waals surface area contributed by atoms with Crippen molar-refractivity contribution in [1.29, 1.82) is 0 Å². The fourth-order valence-corrected chi connectivity index (χ4v) is 2.65. The van der Waals surface area contributed by atoms with Crippen LogP contribution in [0.1, 0.15) is 48.9 Å². The molecular formula is C20H22FN. The Kier molecular flexibility index (Phi) is 4.37. The Hall–Kier alpha value is -1.96. The highest BCUT2D eigenvalue weighted by atomic mass is 19.1. The number of nitrogens with zero attached hydrogens (tertiary/aromatic N) is 1. The second-order valence-corrected chi connectivity index (χ2v) is 6.27. The average molecular weight is 295 g/mol. The molecule has 2 heteroatoms. The van der Waals surface area contributed by atoms with Crippen LogP contribution in [0.4, 0.5) is 4.39 Å². The van der Waals surface area contributed by atoms with E-state index < -0.39 is 0 Å². The lowest BCUT2D eigenvalue weighted by Gasteiger charge is -2.13. The number of hydrogen-bond acceptors (Lipinski definition) is 1. The highest BCUT2D eigenvalue weighted by Crippen LogP contribution is 2.34. The molecule has 3 rings (SSSR count). The molecular weight excluding hydrogens is 273 g/mol. The van der Waals surface area contributed by atoms with E-state index in [1.54, 1.807) is 13.0 Å². The minimum absolute atomic E-state index is 0.0966. The third kappa shape index (κ3) is 3.62. The van der Waals surface area contributed by atoms with Gasteiger partial charge in [0.05, 0.1) is 6.04 Å². The molecule has 0 N–H and O–H groups in total. The van der Waals surface area contributed by atoms with Gasteiger partial charge in [-0.3, -0.25) is 4.99 Å². The molecule has 22 heavy (non-hydrogen) atoms. The van der Waals surface area contributed by atoms with Crippen molar-refractivity contribution < 1.29 is 4.39 Å². The van der Waals surface area contributed by atoms with E-state index >= 15 is 0 Å². The molecule has 1 aliphatic carbocycles. The number of hydrogen-bond donors (Lipinski definition) is 0. The van der Waals surface area contributed by atoms with Crippen LogP contribution in [0.15, 0.2) is 53.5 Å². The van der Waals surface area contributed by atoms with Crippen molar-refractivity contribution in [2.45, 2.75) is 39.2 Å². The van der Waals surface area contributed by atoms with Gasteiger partial charge in [-0.05, 0) is 61.8 Å². The van der Waals surface area contributed by atoms with Crippen molar-refractivity contribution in [1.82, 2.24) is 0 Å². The highest BCUT2D eigenvalue weighted by Gasteiger charge is 2.24. The van der Waals surface area contributed by atoms with E-state index in [2.05, 4.69) is 19.1 Å². The molecule has 0 amide bonds. The predicted molar refractivity (Wildman–Crippen MR) is 89.9 cm³/mol. The molecule has 0 aromatic heterocycles. The maximum absolute atomic E-state index is 13.9. The van der Waals surface area contributed by atoms with Crippen molar-refractivity contribution >= 4 is 5.71 Å². The summed E-state index contributed by atoms with van der Waals surface area (Å²) >= 11 is 0. The lowest BCUT2D eigenvalue weighted by molar-refractivity contribution is 0.618. The van der Waals surface area contributed by atoms with Crippen LogP contribution in [0.5, 0.6) is 0 Å². The molecule has 0 heterocycles. The van der Waals surface area contributed by atoms with Crippen molar-refractivity contribution in [3.05, 3.63) is 71.0 Å². The molecule has 1 atom stereocenters. The normalized spacial score (nSPS) is 16.6. The summed E-state index contributed by atoms with van der Waals surface area (Å²) in [5.41, 5.74) is 3.85. The molecule has 1 saturated carbocycles. The van der Waals surface area contributed by atoms with E-state index in [4.69, 9.17) is 4.99 Å². The van der Waals surface area contributed by atoms with Crippen LogP contribution in [0.3, 0.4) is 0 Å². The van der Waals surface area contributed by atoms with E-state index in [9.17, 15) is 4.39 Å². The largest absolute Gasteiger partial charge is 0.281 e. The Morgan fingerprint density at radius 3 is 2.55 bits per heavy atom. The van der Waals surface area contributed by atoms with E-state index in [0.717, 1.165) is 23.6 Å². The summed E-state index contributed by atoms with van der Waals surface area (Å²) in [6.45, 7) is 3.90. The van der Waals surface area contributed by atoms with Gasteiger partial charge >= 0.3 is 0 Å². The van der Waals surface area contributed by atoms with Gasteiger partial charge in [-0.2, -0.15) is 0 Å². The quantitative estimate of drug-likeness (QED) is 0.647. The molecule has 1 aliphatic rings. The minimum atomic E-state index is -0.145. The van der Waals surface area contributed by atoms with Gasteiger partial charge in [0.15, 0.2) is 0 Å². The third-order valence-corrected chi connectivity index (χ3v) is 4.32. The summed E-state index contributed by atoms with van der Waals surface area (Å²) < 4.78 is 13.9. The summed E-state index contributed by atoms with van der Waals surface area (Å²) in [4.78, 5) is 4.92. The third-order valence-electron chi connectivity index (χ3n) is 4.32. The smallest absolute Gasteiger partial charge is 0.126 e. The SMILES string of the molecule is Cc1ccc(/C(CC2CC2)=N\[C@@H](C)c2ccccc2)cc1F. The molecule has 0 aliphatic heterocycles. The van der Waals surface area contributed by atoms with Gasteiger partial charge < -0.3 is 0 Å². The summed E-state index contributed by atoms with van der Waals surface area (Å²) in [6.07, 6.45) is 3.50. The lowest BCUT2D eigenvalue weighted by atomic mass is 10.0. The fourth-order valence-electron chi connectivity index (χ4n) is 2.65. The van der Waals surface area contributed by atoms with Crippen molar-refractivity contribution in [2.24, 2.45) is 10.9 Å². The van der Waals surface area contributed by atoms with Crippen molar-refractivity contribution in [2.75, 3.05) is 0 Å². The number of aryl methyl sites for hydroxylation is 1. The van der Waals surface area contributed by atoms with Crippen LogP contribution in [-0.4, -0.2) is 5.71 Å². The first-order valence-corrected chi connectivity index (χ1v) is 8.01. The number of halogens is 1. The molecule has 0 spiro atoms. The zero-order valence-corrected chi connectivity index (χ0v) is 13.2. The van der Waals surface area contributed by atoms with Gasteiger partial charge in [-0.15, -0.1) is 0 Å². The average Bonchev–Trinajstić information content (AvgIpc) is 3.34. The molecule has 114 valence electrons. The topological polar surface area (TPSA) is 12.4 Å². The Morgan fingerprint density at radius 2 is 1.91 bits per heavy atom. The first-order chi connectivity index (χ1) is 10.6. The minimum Gasteiger partial charge on any atom is -0.281 e. The number of aliphatic imine (C=N–C) groups is 1. The van der Waals surface area contributed by atoms with Crippen LogP contribution in [-0.2, 0) is 0 Å². The van der Waals surface area contributed by atoms with Crippen LogP contribution >= 0.6 is 0 Å². The molecule has 2 aromatic carbocycles. The fraction of sp³-hybridized carbons (Fsp3) is 0.350. The van der Waals surface area contributed by atoms with E-state index in [-0.39, 0.29) is 11.9 Å². The van der Waals surface area contributed by atoms with Crippen LogP contribution in [0.25, 0.3) is 0 Å². The molecule has 1 nitrogen and oxygen atoms in total. The predicted octanol–water partition coefficient (Wildman–Crippen LogP) is 5.48. The zero-order chi connectivity index (χ0) is 15.5. The second kappa shape index (κ2) is 6.43. The van der Waals surface area contributed by atoms with Crippen molar-refractivity contribution in [3.63, 3.8) is 0 Å². The standard InChI is InChI=1S/C20H22FN/c1-14-8-11-18(13-19(14)21)20(12-16-9-10-16)22-15(2)17-6-4-3-5-7-17/h3-8,11,13,15-16H,9-10,12H2,1-2H3/b22-20-/t15-/m0/s1. The first-order valence-electron chi connectivity index (χ1n) is 8.01. The second-order valence-electron chi connectivity index (χ2n) is 6.27. The van der Waals surface area contributed by atoms with Gasteiger partial charge in [-0.25, -0.2) is 4.39 Å². The summed E-state index contributed by atoms with van der Waals surface area (Å²) in [5.74, 6) is 0.583. The molecule has 0 radical (unpaired) electrons. The van der Waals surface area contributed by atoms with Crippen LogP contribution < -0.4 is 0 Å². The first kappa shape index (κ1) is 15.0. The molecule has 0 saturated heterocycles. The molecule has 1 fully saturated rings. The molecule has 2 aromatic rings. The maximum Gasteiger partial charge on any atom is 0.126 e. The van der Waals surface area contributed by atoms with Crippen LogP contribution in [0, 0.1) is 18.7 Å². The van der Waals surface area contributed by atoms with E-state index in [0.29, 0.717) is 5.56 Å². The van der Waals surface area contributed by atoms with Gasteiger partial charge in [0.25, 0.3) is 0 Å². The summed E-state index contributed by atoms with van der Waals surface area (Å²) in [7, 11) is 0. The van der Waals surface area contributed by atoms with Crippen LogP contribution in [0.2, 0.25) is 0 Å². The van der Waals surface area contributed by atoms with Gasteiger partial charge in [-0.1, -0.05) is 42.5 Å². The molecule has 0 bridgehead atoms.